The lowest BCUT2D eigenvalue weighted by Crippen LogP contribution is -2.47. The first-order chi connectivity index (χ1) is 8.88. The van der Waals surface area contributed by atoms with E-state index >= 15 is 0 Å². The van der Waals surface area contributed by atoms with E-state index in [-0.39, 0.29) is 17.4 Å². The SMILES string of the molecule is CC(C)(C)c1nc(CN2CCCCC2C(N)=O)cs1. The van der Waals surface area contributed by atoms with Crippen molar-refractivity contribution in [1.29, 1.82) is 0 Å². The summed E-state index contributed by atoms with van der Waals surface area (Å²) in [7, 11) is 0. The number of hydrogen-bond acceptors (Lipinski definition) is 4. The normalized spacial score (nSPS) is 21.5. The fourth-order valence-electron chi connectivity index (χ4n) is 2.43. The van der Waals surface area contributed by atoms with E-state index in [1.807, 2.05) is 0 Å². The average molecular weight is 281 g/mol. The Morgan fingerprint density at radius 2 is 2.26 bits per heavy atom. The van der Waals surface area contributed by atoms with Crippen LogP contribution in [0.25, 0.3) is 0 Å². The molecule has 19 heavy (non-hydrogen) atoms. The molecule has 1 fully saturated rings. The molecule has 1 aliphatic rings. The van der Waals surface area contributed by atoms with Gasteiger partial charge in [-0.15, -0.1) is 11.3 Å². The molecule has 0 saturated carbocycles. The van der Waals surface area contributed by atoms with Crippen LogP contribution in [-0.2, 0) is 16.8 Å². The van der Waals surface area contributed by atoms with Crippen LogP contribution in [0.5, 0.6) is 0 Å². The summed E-state index contributed by atoms with van der Waals surface area (Å²) in [4.78, 5) is 18.4. The number of piperidine rings is 1. The van der Waals surface area contributed by atoms with Gasteiger partial charge in [0.15, 0.2) is 0 Å². The van der Waals surface area contributed by atoms with Crippen LogP contribution in [0.2, 0.25) is 0 Å². The molecule has 1 amide bonds. The Balaban J connectivity index is 2.07. The Kier molecular flexibility index (Phi) is 4.26. The zero-order valence-corrected chi connectivity index (χ0v) is 12.8. The Morgan fingerprint density at radius 3 is 2.84 bits per heavy atom. The highest BCUT2D eigenvalue weighted by Gasteiger charge is 2.27. The van der Waals surface area contributed by atoms with Gasteiger partial charge in [-0.3, -0.25) is 9.69 Å². The average Bonchev–Trinajstić information content (AvgIpc) is 2.77. The molecule has 0 aromatic carbocycles. The van der Waals surface area contributed by atoms with Crippen LogP contribution in [0.15, 0.2) is 5.38 Å². The molecule has 0 radical (unpaired) electrons. The van der Waals surface area contributed by atoms with Crippen molar-refractivity contribution >= 4 is 17.2 Å². The molecule has 4 nitrogen and oxygen atoms in total. The summed E-state index contributed by atoms with van der Waals surface area (Å²) in [6.45, 7) is 8.18. The predicted octanol–water partition coefficient (Wildman–Crippen LogP) is 2.28. The van der Waals surface area contributed by atoms with Crippen LogP contribution in [0.4, 0.5) is 0 Å². The lowest BCUT2D eigenvalue weighted by atomic mass is 9.98. The van der Waals surface area contributed by atoms with E-state index in [4.69, 9.17) is 10.7 Å². The Hall–Kier alpha value is -0.940. The van der Waals surface area contributed by atoms with Gasteiger partial charge in [0.2, 0.25) is 5.91 Å². The summed E-state index contributed by atoms with van der Waals surface area (Å²) < 4.78 is 0. The maximum absolute atomic E-state index is 11.5. The minimum absolute atomic E-state index is 0.0912. The molecule has 1 atom stereocenters. The molecule has 1 unspecified atom stereocenters. The standard InChI is InChI=1S/C14H23N3OS/c1-14(2,3)13-16-10(9-19-13)8-17-7-5-4-6-11(17)12(15)18/h9,11H,4-8H2,1-3H3,(H2,15,18). The van der Waals surface area contributed by atoms with Crippen molar-refractivity contribution < 1.29 is 4.79 Å². The third-order valence-corrected chi connectivity index (χ3v) is 4.82. The summed E-state index contributed by atoms with van der Waals surface area (Å²) >= 11 is 1.70. The second-order valence-electron chi connectivity index (χ2n) is 6.28. The lowest BCUT2D eigenvalue weighted by molar-refractivity contribution is -0.124. The van der Waals surface area contributed by atoms with Gasteiger partial charge < -0.3 is 5.73 Å². The number of rotatable bonds is 3. The summed E-state index contributed by atoms with van der Waals surface area (Å²) in [5.74, 6) is -0.203. The minimum Gasteiger partial charge on any atom is -0.368 e. The van der Waals surface area contributed by atoms with Gasteiger partial charge in [-0.2, -0.15) is 0 Å². The molecule has 1 aromatic rings. The van der Waals surface area contributed by atoms with E-state index < -0.39 is 0 Å². The van der Waals surface area contributed by atoms with Crippen LogP contribution in [0.3, 0.4) is 0 Å². The summed E-state index contributed by atoms with van der Waals surface area (Å²) in [6, 6.07) is -0.117. The predicted molar refractivity (Wildman–Crippen MR) is 78.1 cm³/mol. The van der Waals surface area contributed by atoms with E-state index in [1.165, 1.54) is 0 Å². The Labute approximate surface area is 119 Å². The van der Waals surface area contributed by atoms with Crippen molar-refractivity contribution in [2.45, 2.75) is 58.0 Å². The lowest BCUT2D eigenvalue weighted by Gasteiger charge is -2.32. The summed E-state index contributed by atoms with van der Waals surface area (Å²) in [5, 5.41) is 3.25. The number of nitrogens with zero attached hydrogens (tertiary/aromatic N) is 2. The Bertz CT molecular complexity index is 450. The molecule has 106 valence electrons. The van der Waals surface area contributed by atoms with Crippen molar-refractivity contribution in [1.82, 2.24) is 9.88 Å². The maximum atomic E-state index is 11.5. The summed E-state index contributed by atoms with van der Waals surface area (Å²) in [6.07, 6.45) is 3.11. The molecular formula is C14H23N3OS. The van der Waals surface area contributed by atoms with E-state index in [0.717, 1.165) is 43.1 Å². The second kappa shape index (κ2) is 5.59. The topological polar surface area (TPSA) is 59.2 Å². The monoisotopic (exact) mass is 281 g/mol. The second-order valence-corrected chi connectivity index (χ2v) is 7.14. The van der Waals surface area contributed by atoms with Crippen molar-refractivity contribution in [2.75, 3.05) is 6.54 Å². The third-order valence-electron chi connectivity index (χ3n) is 3.50. The first kappa shape index (κ1) is 14.5. The van der Waals surface area contributed by atoms with Gasteiger partial charge in [-0.25, -0.2) is 4.98 Å². The number of aromatic nitrogens is 1. The van der Waals surface area contributed by atoms with Crippen LogP contribution >= 0.6 is 11.3 Å². The van der Waals surface area contributed by atoms with E-state index in [9.17, 15) is 4.79 Å². The first-order valence-electron chi connectivity index (χ1n) is 6.86. The van der Waals surface area contributed by atoms with Gasteiger partial charge >= 0.3 is 0 Å². The number of thiazole rings is 1. The molecule has 0 spiro atoms. The molecule has 1 aromatic heterocycles. The van der Waals surface area contributed by atoms with Crippen molar-refractivity contribution in [3.05, 3.63) is 16.1 Å². The number of hydrogen-bond donors (Lipinski definition) is 1. The van der Waals surface area contributed by atoms with E-state index in [1.54, 1.807) is 11.3 Å². The number of primary amides is 1. The number of amides is 1. The molecule has 0 aliphatic carbocycles. The fourth-order valence-corrected chi connectivity index (χ4v) is 3.33. The quantitative estimate of drug-likeness (QED) is 0.924. The van der Waals surface area contributed by atoms with Crippen molar-refractivity contribution in [3.63, 3.8) is 0 Å². The van der Waals surface area contributed by atoms with E-state index in [0.29, 0.717) is 0 Å². The smallest absolute Gasteiger partial charge is 0.234 e. The highest BCUT2D eigenvalue weighted by molar-refractivity contribution is 7.09. The largest absolute Gasteiger partial charge is 0.368 e. The molecule has 2 N–H and O–H groups in total. The van der Waals surface area contributed by atoms with Gasteiger partial charge in [-0.05, 0) is 19.4 Å². The highest BCUT2D eigenvalue weighted by Crippen LogP contribution is 2.27. The highest BCUT2D eigenvalue weighted by atomic mass is 32.1. The maximum Gasteiger partial charge on any atom is 0.234 e. The number of nitrogens with two attached hydrogens (primary N) is 1. The molecule has 2 rings (SSSR count). The molecule has 2 heterocycles. The zero-order valence-electron chi connectivity index (χ0n) is 12.0. The van der Waals surface area contributed by atoms with Gasteiger partial charge in [0, 0.05) is 17.3 Å². The van der Waals surface area contributed by atoms with Crippen molar-refractivity contribution in [2.24, 2.45) is 5.73 Å². The van der Waals surface area contributed by atoms with Gasteiger partial charge in [0.1, 0.15) is 0 Å². The van der Waals surface area contributed by atoms with Gasteiger partial charge in [-0.1, -0.05) is 27.2 Å². The van der Waals surface area contributed by atoms with Crippen LogP contribution in [0.1, 0.15) is 50.7 Å². The van der Waals surface area contributed by atoms with Crippen LogP contribution < -0.4 is 5.73 Å². The zero-order chi connectivity index (χ0) is 14.0. The number of carbonyl (C=O) groups excluding carboxylic acids is 1. The van der Waals surface area contributed by atoms with Gasteiger partial charge in [0.25, 0.3) is 0 Å². The molecule has 1 saturated heterocycles. The third kappa shape index (κ3) is 3.54. The van der Waals surface area contributed by atoms with Crippen molar-refractivity contribution in [3.8, 4) is 0 Å². The number of carbonyl (C=O) groups is 1. The Morgan fingerprint density at radius 1 is 1.53 bits per heavy atom. The van der Waals surface area contributed by atoms with Gasteiger partial charge in [0.05, 0.1) is 16.7 Å². The fraction of sp³-hybridized carbons (Fsp3) is 0.714. The molecule has 0 bridgehead atoms. The molecule has 5 heteroatoms. The molecular weight excluding hydrogens is 258 g/mol. The summed E-state index contributed by atoms with van der Waals surface area (Å²) in [5.41, 5.74) is 6.64. The van der Waals surface area contributed by atoms with Crippen LogP contribution in [0, 0.1) is 0 Å². The first-order valence-corrected chi connectivity index (χ1v) is 7.74. The molecule has 1 aliphatic heterocycles. The van der Waals surface area contributed by atoms with E-state index in [2.05, 4.69) is 31.1 Å². The minimum atomic E-state index is -0.203. The number of likely N-dealkylation sites (tertiary alicyclic amines) is 1. The van der Waals surface area contributed by atoms with Crippen LogP contribution in [-0.4, -0.2) is 28.4 Å².